The van der Waals surface area contributed by atoms with E-state index in [-0.39, 0.29) is 11.1 Å². The lowest BCUT2D eigenvalue weighted by molar-refractivity contribution is 0.0519. The van der Waals surface area contributed by atoms with E-state index in [9.17, 15) is 4.79 Å². The first kappa shape index (κ1) is 16.5. The first-order valence-corrected chi connectivity index (χ1v) is 7.01. The SMILES string of the molecule is CCCN(CC(C)(C)CN)c1nc(C(=O)OCC)co1. The lowest BCUT2D eigenvalue weighted by Gasteiger charge is -2.30. The highest BCUT2D eigenvalue weighted by atomic mass is 16.5. The van der Waals surface area contributed by atoms with Gasteiger partial charge in [0, 0.05) is 13.1 Å². The quantitative estimate of drug-likeness (QED) is 0.735. The standard InChI is InChI=1S/C14H25N3O3/c1-5-7-17(10-14(3,4)9-15)13-16-11(8-20-13)12(18)19-6-2/h8H,5-7,9-10,15H2,1-4H3. The number of oxazole rings is 1. The lowest BCUT2D eigenvalue weighted by Crippen LogP contribution is -2.39. The number of esters is 1. The topological polar surface area (TPSA) is 81.6 Å². The third kappa shape index (κ3) is 4.52. The zero-order valence-corrected chi connectivity index (χ0v) is 12.8. The predicted octanol–water partition coefficient (Wildman–Crippen LogP) is 2.05. The summed E-state index contributed by atoms with van der Waals surface area (Å²) in [6, 6.07) is 0.441. The second-order valence-electron chi connectivity index (χ2n) is 5.53. The van der Waals surface area contributed by atoms with Crippen LogP contribution in [0.4, 0.5) is 6.01 Å². The average Bonchev–Trinajstić information content (AvgIpc) is 2.88. The molecule has 1 aromatic rings. The molecule has 0 spiro atoms. The molecule has 20 heavy (non-hydrogen) atoms. The summed E-state index contributed by atoms with van der Waals surface area (Å²) in [4.78, 5) is 17.8. The zero-order chi connectivity index (χ0) is 15.2. The Bertz CT molecular complexity index is 429. The molecule has 6 heteroatoms. The Morgan fingerprint density at radius 2 is 2.20 bits per heavy atom. The second kappa shape index (κ2) is 7.28. The van der Waals surface area contributed by atoms with Gasteiger partial charge < -0.3 is 19.8 Å². The normalized spacial score (nSPS) is 11.4. The highest BCUT2D eigenvalue weighted by Crippen LogP contribution is 2.21. The van der Waals surface area contributed by atoms with E-state index < -0.39 is 5.97 Å². The Balaban J connectivity index is 2.84. The van der Waals surface area contributed by atoms with Crippen molar-refractivity contribution < 1.29 is 13.9 Å². The third-order valence-corrected chi connectivity index (χ3v) is 2.91. The summed E-state index contributed by atoms with van der Waals surface area (Å²) in [6.45, 7) is 10.4. The van der Waals surface area contributed by atoms with Crippen LogP contribution in [0.3, 0.4) is 0 Å². The molecule has 0 bridgehead atoms. The molecule has 0 radical (unpaired) electrons. The fraction of sp³-hybridized carbons (Fsp3) is 0.714. The van der Waals surface area contributed by atoms with Gasteiger partial charge in [0.1, 0.15) is 6.26 Å². The number of hydrogen-bond donors (Lipinski definition) is 1. The highest BCUT2D eigenvalue weighted by Gasteiger charge is 2.24. The van der Waals surface area contributed by atoms with Gasteiger partial charge in [-0.2, -0.15) is 4.98 Å². The van der Waals surface area contributed by atoms with Crippen molar-refractivity contribution >= 4 is 12.0 Å². The van der Waals surface area contributed by atoms with Crippen molar-refractivity contribution in [1.29, 1.82) is 0 Å². The molecule has 0 unspecified atom stereocenters. The molecule has 0 aliphatic heterocycles. The van der Waals surface area contributed by atoms with Gasteiger partial charge in [0.25, 0.3) is 6.01 Å². The van der Waals surface area contributed by atoms with Crippen LogP contribution in [0.25, 0.3) is 0 Å². The van der Waals surface area contributed by atoms with Gasteiger partial charge >= 0.3 is 5.97 Å². The number of nitrogens with two attached hydrogens (primary N) is 1. The van der Waals surface area contributed by atoms with Gasteiger partial charge in [0.15, 0.2) is 5.69 Å². The lowest BCUT2D eigenvalue weighted by atomic mass is 9.93. The summed E-state index contributed by atoms with van der Waals surface area (Å²) in [5.74, 6) is -0.461. The largest absolute Gasteiger partial charge is 0.461 e. The maximum atomic E-state index is 11.6. The summed E-state index contributed by atoms with van der Waals surface area (Å²) in [6.07, 6.45) is 2.29. The third-order valence-electron chi connectivity index (χ3n) is 2.91. The van der Waals surface area contributed by atoms with E-state index in [1.165, 1.54) is 6.26 Å². The van der Waals surface area contributed by atoms with Crippen molar-refractivity contribution in [2.24, 2.45) is 11.1 Å². The number of hydrogen-bond acceptors (Lipinski definition) is 6. The van der Waals surface area contributed by atoms with Crippen molar-refractivity contribution in [1.82, 2.24) is 4.98 Å². The zero-order valence-electron chi connectivity index (χ0n) is 12.8. The molecule has 2 N–H and O–H groups in total. The smallest absolute Gasteiger partial charge is 0.360 e. The van der Waals surface area contributed by atoms with Crippen LogP contribution in [-0.2, 0) is 4.74 Å². The maximum Gasteiger partial charge on any atom is 0.360 e. The van der Waals surface area contributed by atoms with E-state index in [0.717, 1.165) is 19.5 Å². The Labute approximate surface area is 120 Å². The van der Waals surface area contributed by atoms with E-state index in [1.54, 1.807) is 6.92 Å². The van der Waals surface area contributed by atoms with Gasteiger partial charge in [-0.1, -0.05) is 20.8 Å². The van der Waals surface area contributed by atoms with E-state index in [4.69, 9.17) is 14.9 Å². The molecule has 1 rings (SSSR count). The fourth-order valence-corrected chi connectivity index (χ4v) is 1.80. The van der Waals surface area contributed by atoms with Gasteiger partial charge in [-0.3, -0.25) is 0 Å². The van der Waals surface area contributed by atoms with E-state index in [2.05, 4.69) is 25.8 Å². The molecule has 114 valence electrons. The summed E-state index contributed by atoms with van der Waals surface area (Å²) in [5, 5.41) is 0. The van der Waals surface area contributed by atoms with Crippen LogP contribution < -0.4 is 10.6 Å². The Morgan fingerprint density at radius 3 is 2.75 bits per heavy atom. The van der Waals surface area contributed by atoms with Gasteiger partial charge in [-0.05, 0) is 25.3 Å². The Hall–Kier alpha value is -1.56. The molecule has 0 amide bonds. The molecule has 1 aromatic heterocycles. The molecule has 0 fully saturated rings. The van der Waals surface area contributed by atoms with Crippen LogP contribution in [0.2, 0.25) is 0 Å². The van der Waals surface area contributed by atoms with Gasteiger partial charge in [-0.15, -0.1) is 0 Å². The fourth-order valence-electron chi connectivity index (χ4n) is 1.80. The van der Waals surface area contributed by atoms with E-state index >= 15 is 0 Å². The first-order chi connectivity index (χ1) is 9.43. The minimum absolute atomic E-state index is 0.0479. The van der Waals surface area contributed by atoms with Crippen molar-refractivity contribution in [3.8, 4) is 0 Å². The highest BCUT2D eigenvalue weighted by molar-refractivity contribution is 5.87. The summed E-state index contributed by atoms with van der Waals surface area (Å²) in [5.41, 5.74) is 5.92. The van der Waals surface area contributed by atoms with Crippen LogP contribution in [0.5, 0.6) is 0 Å². The molecule has 0 saturated heterocycles. The van der Waals surface area contributed by atoms with E-state index in [1.807, 2.05) is 4.90 Å². The maximum absolute atomic E-state index is 11.6. The molecule has 0 aromatic carbocycles. The second-order valence-corrected chi connectivity index (χ2v) is 5.53. The number of aromatic nitrogens is 1. The molecular weight excluding hydrogens is 258 g/mol. The van der Waals surface area contributed by atoms with Crippen LogP contribution in [0.1, 0.15) is 44.6 Å². The van der Waals surface area contributed by atoms with Crippen LogP contribution >= 0.6 is 0 Å². The Morgan fingerprint density at radius 1 is 1.50 bits per heavy atom. The monoisotopic (exact) mass is 283 g/mol. The minimum Gasteiger partial charge on any atom is -0.461 e. The molecule has 0 aliphatic rings. The number of nitrogens with zero attached hydrogens (tertiary/aromatic N) is 2. The van der Waals surface area contributed by atoms with E-state index in [0.29, 0.717) is 19.2 Å². The average molecular weight is 283 g/mol. The minimum atomic E-state index is -0.461. The van der Waals surface area contributed by atoms with Gasteiger partial charge in [-0.25, -0.2) is 4.79 Å². The predicted molar refractivity (Wildman–Crippen MR) is 77.8 cm³/mol. The molecule has 1 heterocycles. The van der Waals surface area contributed by atoms with Crippen molar-refractivity contribution in [2.45, 2.75) is 34.1 Å². The summed E-state index contributed by atoms with van der Waals surface area (Å²) >= 11 is 0. The van der Waals surface area contributed by atoms with Crippen molar-refractivity contribution in [3.63, 3.8) is 0 Å². The number of anilines is 1. The number of carbonyl (C=O) groups excluding carboxylic acids is 1. The summed E-state index contributed by atoms with van der Waals surface area (Å²) in [7, 11) is 0. The van der Waals surface area contributed by atoms with Gasteiger partial charge in [0.05, 0.1) is 6.61 Å². The molecular formula is C14H25N3O3. The number of carbonyl (C=O) groups is 1. The van der Waals surface area contributed by atoms with Crippen LogP contribution in [0.15, 0.2) is 10.7 Å². The summed E-state index contributed by atoms with van der Waals surface area (Å²) < 4.78 is 10.3. The molecule has 6 nitrogen and oxygen atoms in total. The molecule has 0 atom stereocenters. The van der Waals surface area contributed by atoms with Crippen molar-refractivity contribution in [2.75, 3.05) is 31.1 Å². The molecule has 0 aliphatic carbocycles. The number of rotatable bonds is 8. The Kier molecular flexibility index (Phi) is 6.01. The van der Waals surface area contributed by atoms with Gasteiger partial charge in [0.2, 0.25) is 0 Å². The number of ether oxygens (including phenoxy) is 1. The van der Waals surface area contributed by atoms with Crippen molar-refractivity contribution in [3.05, 3.63) is 12.0 Å². The van der Waals surface area contributed by atoms with Crippen LogP contribution in [0, 0.1) is 5.41 Å². The first-order valence-electron chi connectivity index (χ1n) is 7.01. The molecule has 0 saturated carbocycles. The van der Waals surface area contributed by atoms with Crippen LogP contribution in [-0.4, -0.2) is 37.2 Å².